The highest BCUT2D eigenvalue weighted by Crippen LogP contribution is 2.21. The van der Waals surface area contributed by atoms with E-state index in [4.69, 9.17) is 4.74 Å². The SMILES string of the molecule is CCn1c(COc2ccc(C(C)C)cc2)nnc1SCC(=O)NCCc1ccccc1. The average molecular weight is 439 g/mol. The predicted molar refractivity (Wildman–Crippen MR) is 124 cm³/mol. The maximum absolute atomic E-state index is 12.2. The number of amides is 1. The molecule has 0 unspecified atom stereocenters. The molecule has 1 N–H and O–H groups in total. The number of carbonyl (C=O) groups excluding carboxylic acids is 1. The number of ether oxygens (including phenoxy) is 1. The fourth-order valence-electron chi connectivity index (χ4n) is 3.12. The molecule has 0 bridgehead atoms. The van der Waals surface area contributed by atoms with E-state index >= 15 is 0 Å². The molecule has 31 heavy (non-hydrogen) atoms. The largest absolute Gasteiger partial charge is 0.486 e. The van der Waals surface area contributed by atoms with Crippen LogP contribution < -0.4 is 10.1 Å². The molecule has 0 saturated heterocycles. The van der Waals surface area contributed by atoms with Gasteiger partial charge in [0.15, 0.2) is 11.0 Å². The second-order valence-corrected chi connectivity index (χ2v) is 8.47. The third-order valence-corrected chi connectivity index (χ3v) is 5.90. The third kappa shape index (κ3) is 6.85. The smallest absolute Gasteiger partial charge is 0.230 e. The number of nitrogens with zero attached hydrogens (tertiary/aromatic N) is 3. The Labute approximate surface area is 188 Å². The lowest BCUT2D eigenvalue weighted by molar-refractivity contribution is -0.118. The van der Waals surface area contributed by atoms with E-state index in [2.05, 4.69) is 53.6 Å². The summed E-state index contributed by atoms with van der Waals surface area (Å²) in [5.74, 6) is 2.36. The number of carbonyl (C=O) groups is 1. The molecule has 0 aliphatic rings. The summed E-state index contributed by atoms with van der Waals surface area (Å²) in [6.07, 6.45) is 0.821. The summed E-state index contributed by atoms with van der Waals surface area (Å²) in [7, 11) is 0. The molecule has 6 nitrogen and oxygen atoms in total. The average Bonchev–Trinajstić information content (AvgIpc) is 3.19. The first-order valence-corrected chi connectivity index (χ1v) is 11.6. The molecule has 0 aliphatic heterocycles. The van der Waals surface area contributed by atoms with Crippen molar-refractivity contribution in [3.63, 3.8) is 0 Å². The molecule has 0 saturated carbocycles. The van der Waals surface area contributed by atoms with Crippen LogP contribution in [0.3, 0.4) is 0 Å². The molecule has 3 rings (SSSR count). The molecule has 2 aromatic carbocycles. The van der Waals surface area contributed by atoms with Gasteiger partial charge in [-0.05, 0) is 42.5 Å². The summed E-state index contributed by atoms with van der Waals surface area (Å²) < 4.78 is 7.88. The minimum absolute atomic E-state index is 0.00498. The van der Waals surface area contributed by atoms with E-state index in [1.807, 2.05) is 41.8 Å². The van der Waals surface area contributed by atoms with Gasteiger partial charge in [-0.1, -0.05) is 68.1 Å². The molecule has 0 radical (unpaired) electrons. The molecule has 7 heteroatoms. The van der Waals surface area contributed by atoms with E-state index in [-0.39, 0.29) is 5.91 Å². The maximum Gasteiger partial charge on any atom is 0.230 e. The van der Waals surface area contributed by atoms with Gasteiger partial charge in [0, 0.05) is 13.1 Å². The number of nitrogens with one attached hydrogen (secondary N) is 1. The topological polar surface area (TPSA) is 69.0 Å². The fraction of sp³-hybridized carbons (Fsp3) is 0.375. The van der Waals surface area contributed by atoms with E-state index in [9.17, 15) is 4.79 Å². The third-order valence-electron chi connectivity index (χ3n) is 4.94. The monoisotopic (exact) mass is 438 g/mol. The second kappa shape index (κ2) is 11.6. The Balaban J connectivity index is 1.47. The van der Waals surface area contributed by atoms with E-state index < -0.39 is 0 Å². The molecule has 3 aromatic rings. The molecule has 1 amide bonds. The van der Waals surface area contributed by atoms with Crippen LogP contribution in [0.5, 0.6) is 5.75 Å². The lowest BCUT2D eigenvalue weighted by Crippen LogP contribution is -2.27. The molecular formula is C24H30N4O2S. The summed E-state index contributed by atoms with van der Waals surface area (Å²) in [5.41, 5.74) is 2.49. The highest BCUT2D eigenvalue weighted by Gasteiger charge is 2.14. The van der Waals surface area contributed by atoms with Crippen LogP contribution in [-0.2, 0) is 24.4 Å². The number of aromatic nitrogens is 3. The van der Waals surface area contributed by atoms with Gasteiger partial charge < -0.3 is 14.6 Å². The van der Waals surface area contributed by atoms with Gasteiger partial charge in [0.1, 0.15) is 12.4 Å². The number of hydrogen-bond donors (Lipinski definition) is 1. The molecule has 1 aromatic heterocycles. The van der Waals surface area contributed by atoms with Crippen LogP contribution in [0.2, 0.25) is 0 Å². The van der Waals surface area contributed by atoms with Gasteiger partial charge in [-0.25, -0.2) is 0 Å². The van der Waals surface area contributed by atoms with E-state index in [0.29, 0.717) is 24.8 Å². The summed E-state index contributed by atoms with van der Waals surface area (Å²) >= 11 is 1.40. The van der Waals surface area contributed by atoms with Crippen molar-refractivity contribution >= 4 is 17.7 Å². The Kier molecular flexibility index (Phi) is 8.53. The Bertz CT molecular complexity index is 955. The van der Waals surface area contributed by atoms with Crippen molar-refractivity contribution in [2.75, 3.05) is 12.3 Å². The zero-order valence-corrected chi connectivity index (χ0v) is 19.2. The normalized spacial score (nSPS) is 11.0. The van der Waals surface area contributed by atoms with Gasteiger partial charge in [-0.15, -0.1) is 10.2 Å². The Morgan fingerprint density at radius 2 is 1.84 bits per heavy atom. The highest BCUT2D eigenvalue weighted by molar-refractivity contribution is 7.99. The molecule has 0 spiro atoms. The maximum atomic E-state index is 12.2. The van der Waals surface area contributed by atoms with Gasteiger partial charge in [0.25, 0.3) is 0 Å². The first-order chi connectivity index (χ1) is 15.1. The van der Waals surface area contributed by atoms with Crippen molar-refractivity contribution in [2.24, 2.45) is 0 Å². The van der Waals surface area contributed by atoms with Gasteiger partial charge in [-0.3, -0.25) is 4.79 Å². The van der Waals surface area contributed by atoms with Crippen molar-refractivity contribution in [1.82, 2.24) is 20.1 Å². The van der Waals surface area contributed by atoms with Crippen molar-refractivity contribution in [3.05, 3.63) is 71.5 Å². The Hall–Kier alpha value is -2.80. The number of hydrogen-bond acceptors (Lipinski definition) is 5. The predicted octanol–water partition coefficient (Wildman–Crippen LogP) is 4.45. The summed E-state index contributed by atoms with van der Waals surface area (Å²) in [6, 6.07) is 18.3. The van der Waals surface area contributed by atoms with Crippen LogP contribution in [-0.4, -0.2) is 33.0 Å². The molecular weight excluding hydrogens is 408 g/mol. The minimum Gasteiger partial charge on any atom is -0.486 e. The summed E-state index contributed by atoms with van der Waals surface area (Å²) in [5, 5.41) is 12.2. The van der Waals surface area contributed by atoms with E-state index in [0.717, 1.165) is 29.7 Å². The van der Waals surface area contributed by atoms with Crippen LogP contribution in [0, 0.1) is 0 Å². The molecule has 0 fully saturated rings. The first-order valence-electron chi connectivity index (χ1n) is 10.6. The highest BCUT2D eigenvalue weighted by atomic mass is 32.2. The van der Waals surface area contributed by atoms with Gasteiger partial charge in [-0.2, -0.15) is 0 Å². The van der Waals surface area contributed by atoms with Gasteiger partial charge in [0.2, 0.25) is 5.91 Å². The number of rotatable bonds is 11. The standard InChI is InChI=1S/C24H30N4O2S/c1-4-28-22(16-30-21-12-10-20(11-13-21)18(2)3)26-27-24(28)31-17-23(29)25-15-14-19-8-6-5-7-9-19/h5-13,18H,4,14-17H2,1-3H3,(H,25,29). The molecule has 164 valence electrons. The van der Waals surface area contributed by atoms with Crippen LogP contribution in [0.15, 0.2) is 59.8 Å². The van der Waals surface area contributed by atoms with Gasteiger partial charge in [0.05, 0.1) is 5.75 Å². The lowest BCUT2D eigenvalue weighted by atomic mass is 10.0. The van der Waals surface area contributed by atoms with Crippen molar-refractivity contribution in [1.29, 1.82) is 0 Å². The van der Waals surface area contributed by atoms with Crippen LogP contribution in [0.4, 0.5) is 0 Å². The zero-order chi connectivity index (χ0) is 22.1. The number of benzene rings is 2. The quantitative estimate of drug-likeness (QED) is 0.448. The number of thioether (sulfide) groups is 1. The van der Waals surface area contributed by atoms with Crippen LogP contribution in [0.1, 0.15) is 43.6 Å². The second-order valence-electron chi connectivity index (χ2n) is 7.53. The molecule has 0 atom stereocenters. The Morgan fingerprint density at radius 1 is 1.10 bits per heavy atom. The molecule has 0 aliphatic carbocycles. The van der Waals surface area contributed by atoms with Gasteiger partial charge >= 0.3 is 0 Å². The van der Waals surface area contributed by atoms with E-state index in [1.165, 1.54) is 22.9 Å². The van der Waals surface area contributed by atoms with Crippen LogP contribution in [0.25, 0.3) is 0 Å². The van der Waals surface area contributed by atoms with Crippen molar-refractivity contribution < 1.29 is 9.53 Å². The fourth-order valence-corrected chi connectivity index (χ4v) is 3.97. The molecule has 1 heterocycles. The summed E-state index contributed by atoms with van der Waals surface area (Å²) in [4.78, 5) is 12.2. The van der Waals surface area contributed by atoms with Crippen molar-refractivity contribution in [2.45, 2.75) is 51.4 Å². The first kappa shape index (κ1) is 22.9. The van der Waals surface area contributed by atoms with E-state index in [1.54, 1.807) is 0 Å². The van der Waals surface area contributed by atoms with Crippen molar-refractivity contribution in [3.8, 4) is 5.75 Å². The zero-order valence-electron chi connectivity index (χ0n) is 18.4. The Morgan fingerprint density at radius 3 is 2.52 bits per heavy atom. The lowest BCUT2D eigenvalue weighted by Gasteiger charge is -2.10. The minimum atomic E-state index is -0.00498. The summed E-state index contributed by atoms with van der Waals surface area (Å²) in [6.45, 7) is 8.05. The van der Waals surface area contributed by atoms with Crippen LogP contribution >= 0.6 is 11.8 Å².